The van der Waals surface area contributed by atoms with Crippen LogP contribution in [0.1, 0.15) is 30.4 Å². The lowest BCUT2D eigenvalue weighted by Gasteiger charge is -2.13. The molecule has 84 valence electrons. The van der Waals surface area contributed by atoms with E-state index in [0.29, 0.717) is 18.4 Å². The molecule has 0 amide bonds. The first-order valence-electron chi connectivity index (χ1n) is 6.07. The Morgan fingerprint density at radius 2 is 2.25 bits per heavy atom. The Morgan fingerprint density at radius 3 is 3.06 bits per heavy atom. The standard InChI is InChI=1S/C14H16O2/c1-2-16-14(15)13-11-8-7-9-5-3-4-6-10(9)12(11)13/h3-6,11-13H,2,7-8H2,1H3/t11?,12-,13?/m1/s1. The number of carbonyl (C=O) groups excluding carboxylic acids is 1. The van der Waals surface area contributed by atoms with Gasteiger partial charge in [0.25, 0.3) is 0 Å². The van der Waals surface area contributed by atoms with Gasteiger partial charge in [-0.15, -0.1) is 0 Å². The van der Waals surface area contributed by atoms with E-state index in [-0.39, 0.29) is 11.9 Å². The molecule has 2 nitrogen and oxygen atoms in total. The molecule has 2 unspecified atom stereocenters. The van der Waals surface area contributed by atoms with Crippen LogP contribution in [-0.2, 0) is 16.0 Å². The van der Waals surface area contributed by atoms with Gasteiger partial charge in [0.2, 0.25) is 0 Å². The Bertz CT molecular complexity index is 424. The summed E-state index contributed by atoms with van der Waals surface area (Å²) in [6.07, 6.45) is 2.26. The molecular formula is C14H16O2. The third-order valence-corrected chi connectivity index (χ3v) is 3.89. The second-order valence-corrected chi connectivity index (χ2v) is 4.70. The van der Waals surface area contributed by atoms with Crippen LogP contribution in [0.15, 0.2) is 24.3 Å². The largest absolute Gasteiger partial charge is 0.466 e. The summed E-state index contributed by atoms with van der Waals surface area (Å²) in [5.41, 5.74) is 2.81. The highest BCUT2D eigenvalue weighted by molar-refractivity contribution is 5.78. The van der Waals surface area contributed by atoms with Crippen LogP contribution >= 0.6 is 0 Å². The lowest BCUT2D eigenvalue weighted by Crippen LogP contribution is -2.08. The minimum absolute atomic E-state index is 0.00852. The quantitative estimate of drug-likeness (QED) is 0.710. The number of rotatable bonds is 2. The first-order valence-corrected chi connectivity index (χ1v) is 6.07. The van der Waals surface area contributed by atoms with Gasteiger partial charge in [-0.3, -0.25) is 4.79 Å². The van der Waals surface area contributed by atoms with Gasteiger partial charge in [-0.2, -0.15) is 0 Å². The second kappa shape index (κ2) is 3.62. The van der Waals surface area contributed by atoms with Crippen molar-refractivity contribution < 1.29 is 9.53 Å². The van der Waals surface area contributed by atoms with Crippen molar-refractivity contribution in [2.24, 2.45) is 11.8 Å². The lowest BCUT2D eigenvalue weighted by atomic mass is 9.92. The molecule has 1 saturated carbocycles. The maximum atomic E-state index is 11.8. The summed E-state index contributed by atoms with van der Waals surface area (Å²) in [6, 6.07) is 8.51. The minimum Gasteiger partial charge on any atom is -0.466 e. The molecule has 3 rings (SSSR count). The van der Waals surface area contributed by atoms with Crippen molar-refractivity contribution in [3.05, 3.63) is 35.4 Å². The molecule has 0 aliphatic heterocycles. The third-order valence-electron chi connectivity index (χ3n) is 3.89. The van der Waals surface area contributed by atoms with Crippen LogP contribution in [0.5, 0.6) is 0 Å². The number of aryl methyl sites for hydroxylation is 1. The van der Waals surface area contributed by atoms with Crippen molar-refractivity contribution in [1.29, 1.82) is 0 Å². The Hall–Kier alpha value is -1.31. The van der Waals surface area contributed by atoms with Crippen LogP contribution in [0.4, 0.5) is 0 Å². The molecule has 1 aromatic carbocycles. The molecule has 0 heterocycles. The van der Waals surface area contributed by atoms with Crippen molar-refractivity contribution in [2.45, 2.75) is 25.7 Å². The minimum atomic E-state index is 0.00852. The van der Waals surface area contributed by atoms with Crippen molar-refractivity contribution in [3.8, 4) is 0 Å². The highest BCUT2D eigenvalue weighted by Crippen LogP contribution is 2.60. The van der Waals surface area contributed by atoms with Gasteiger partial charge in [0, 0.05) is 5.92 Å². The molecule has 1 fully saturated rings. The lowest BCUT2D eigenvalue weighted by molar-refractivity contribution is -0.145. The molecule has 2 aliphatic rings. The summed E-state index contributed by atoms with van der Waals surface area (Å²) in [4.78, 5) is 11.8. The van der Waals surface area contributed by atoms with Gasteiger partial charge in [0.1, 0.15) is 0 Å². The molecule has 2 aliphatic carbocycles. The van der Waals surface area contributed by atoms with Gasteiger partial charge in [-0.05, 0) is 36.8 Å². The topological polar surface area (TPSA) is 26.3 Å². The zero-order valence-electron chi connectivity index (χ0n) is 9.48. The molecule has 0 bridgehead atoms. The van der Waals surface area contributed by atoms with Gasteiger partial charge < -0.3 is 4.74 Å². The molecule has 0 radical (unpaired) electrons. The molecule has 1 aromatic rings. The Labute approximate surface area is 95.6 Å². The average molecular weight is 216 g/mol. The normalized spacial score (nSPS) is 30.2. The number of hydrogen-bond acceptors (Lipinski definition) is 2. The van der Waals surface area contributed by atoms with E-state index in [4.69, 9.17) is 4.74 Å². The van der Waals surface area contributed by atoms with E-state index in [1.165, 1.54) is 11.1 Å². The summed E-state index contributed by atoms with van der Waals surface area (Å²) >= 11 is 0. The first-order chi connectivity index (χ1) is 7.83. The number of carbonyl (C=O) groups is 1. The van der Waals surface area contributed by atoms with E-state index in [0.717, 1.165) is 12.8 Å². The van der Waals surface area contributed by atoms with E-state index in [1.54, 1.807) is 0 Å². The second-order valence-electron chi connectivity index (χ2n) is 4.70. The van der Waals surface area contributed by atoms with Crippen LogP contribution < -0.4 is 0 Å². The molecule has 3 atom stereocenters. The highest BCUT2D eigenvalue weighted by atomic mass is 16.5. The predicted molar refractivity (Wildman–Crippen MR) is 61.1 cm³/mol. The van der Waals surface area contributed by atoms with Crippen molar-refractivity contribution in [1.82, 2.24) is 0 Å². The van der Waals surface area contributed by atoms with E-state index in [2.05, 4.69) is 24.3 Å². The van der Waals surface area contributed by atoms with Gasteiger partial charge in [-0.1, -0.05) is 24.3 Å². The molecule has 16 heavy (non-hydrogen) atoms. The number of benzene rings is 1. The Kier molecular flexibility index (Phi) is 2.23. The maximum absolute atomic E-state index is 11.8. The molecule has 0 N–H and O–H groups in total. The number of esters is 1. The molecule has 0 spiro atoms. The number of hydrogen-bond donors (Lipinski definition) is 0. The fourth-order valence-corrected chi connectivity index (χ4v) is 3.13. The van der Waals surface area contributed by atoms with E-state index in [9.17, 15) is 4.79 Å². The number of ether oxygens (including phenoxy) is 1. The van der Waals surface area contributed by atoms with Crippen LogP contribution in [0.2, 0.25) is 0 Å². The van der Waals surface area contributed by atoms with Crippen LogP contribution in [0.25, 0.3) is 0 Å². The zero-order valence-corrected chi connectivity index (χ0v) is 9.48. The monoisotopic (exact) mass is 216 g/mol. The fourth-order valence-electron chi connectivity index (χ4n) is 3.13. The predicted octanol–water partition coefficient (Wildman–Crippen LogP) is 2.53. The van der Waals surface area contributed by atoms with Gasteiger partial charge in [0.05, 0.1) is 12.5 Å². The van der Waals surface area contributed by atoms with Gasteiger partial charge >= 0.3 is 5.97 Å². The highest BCUT2D eigenvalue weighted by Gasteiger charge is 2.57. The first kappa shape index (κ1) is 9.88. The van der Waals surface area contributed by atoms with E-state index >= 15 is 0 Å². The molecule has 2 heteroatoms. The summed E-state index contributed by atoms with van der Waals surface area (Å²) in [5, 5.41) is 0. The Balaban J connectivity index is 1.85. The van der Waals surface area contributed by atoms with E-state index < -0.39 is 0 Å². The van der Waals surface area contributed by atoms with Crippen LogP contribution in [-0.4, -0.2) is 12.6 Å². The molecule has 0 saturated heterocycles. The van der Waals surface area contributed by atoms with Crippen molar-refractivity contribution in [3.63, 3.8) is 0 Å². The van der Waals surface area contributed by atoms with Crippen LogP contribution in [0.3, 0.4) is 0 Å². The zero-order chi connectivity index (χ0) is 11.1. The summed E-state index contributed by atoms with van der Waals surface area (Å²) < 4.78 is 5.13. The summed E-state index contributed by atoms with van der Waals surface area (Å²) in [7, 11) is 0. The summed E-state index contributed by atoms with van der Waals surface area (Å²) in [5.74, 6) is 1.15. The average Bonchev–Trinajstić information content (AvgIpc) is 3.04. The third kappa shape index (κ3) is 1.36. The van der Waals surface area contributed by atoms with Gasteiger partial charge in [0.15, 0.2) is 0 Å². The van der Waals surface area contributed by atoms with Crippen molar-refractivity contribution >= 4 is 5.97 Å². The van der Waals surface area contributed by atoms with Crippen LogP contribution in [0, 0.1) is 11.8 Å². The smallest absolute Gasteiger partial charge is 0.309 e. The fraction of sp³-hybridized carbons (Fsp3) is 0.500. The van der Waals surface area contributed by atoms with Gasteiger partial charge in [-0.25, -0.2) is 0 Å². The SMILES string of the molecule is CCOC(=O)C1C2CCc3ccccc3[C@H]21. The number of fused-ring (bicyclic) bond motifs is 3. The summed E-state index contributed by atoms with van der Waals surface area (Å²) in [6.45, 7) is 2.37. The Morgan fingerprint density at radius 1 is 1.44 bits per heavy atom. The van der Waals surface area contributed by atoms with E-state index in [1.807, 2.05) is 6.92 Å². The van der Waals surface area contributed by atoms with Crippen molar-refractivity contribution in [2.75, 3.05) is 6.61 Å². The molecular weight excluding hydrogens is 200 g/mol. The maximum Gasteiger partial charge on any atom is 0.309 e. The molecule has 0 aromatic heterocycles.